The third kappa shape index (κ3) is 3.64. The van der Waals surface area contributed by atoms with Crippen LogP contribution in [0.5, 0.6) is 5.75 Å². The SMILES string of the molecule is CCO[C@](C)(C(=O)Nc1ccc(OC)c(C(=O)OC)c1)C1CC1. The van der Waals surface area contributed by atoms with Crippen molar-refractivity contribution in [3.63, 3.8) is 0 Å². The third-order valence-electron chi connectivity index (χ3n) is 4.11. The van der Waals surface area contributed by atoms with Gasteiger partial charge in [0.25, 0.3) is 5.91 Å². The number of ether oxygens (including phenoxy) is 3. The first-order chi connectivity index (χ1) is 11.0. The summed E-state index contributed by atoms with van der Waals surface area (Å²) in [6, 6.07) is 4.85. The molecule has 1 aromatic carbocycles. The van der Waals surface area contributed by atoms with Crippen LogP contribution in [-0.4, -0.2) is 38.3 Å². The number of carbonyl (C=O) groups excluding carboxylic acids is 2. The van der Waals surface area contributed by atoms with E-state index in [1.54, 1.807) is 18.2 Å². The molecule has 0 aromatic heterocycles. The summed E-state index contributed by atoms with van der Waals surface area (Å²) in [4.78, 5) is 24.4. The molecule has 2 rings (SSSR count). The number of rotatable bonds is 7. The van der Waals surface area contributed by atoms with Crippen LogP contribution < -0.4 is 10.1 Å². The van der Waals surface area contributed by atoms with Crippen molar-refractivity contribution < 1.29 is 23.8 Å². The number of esters is 1. The maximum atomic E-state index is 12.6. The van der Waals surface area contributed by atoms with Gasteiger partial charge in [-0.05, 0) is 50.8 Å². The Morgan fingerprint density at radius 3 is 2.52 bits per heavy atom. The summed E-state index contributed by atoms with van der Waals surface area (Å²) in [6.07, 6.45) is 1.97. The van der Waals surface area contributed by atoms with E-state index in [1.807, 2.05) is 13.8 Å². The van der Waals surface area contributed by atoms with E-state index in [4.69, 9.17) is 14.2 Å². The molecule has 0 bridgehead atoms. The third-order valence-corrected chi connectivity index (χ3v) is 4.11. The zero-order chi connectivity index (χ0) is 17.0. The predicted molar refractivity (Wildman–Crippen MR) is 85.7 cm³/mol. The molecule has 0 aliphatic heterocycles. The Balaban J connectivity index is 2.22. The zero-order valence-electron chi connectivity index (χ0n) is 14.0. The van der Waals surface area contributed by atoms with Crippen LogP contribution in [0.4, 0.5) is 5.69 Å². The second-order valence-electron chi connectivity index (χ2n) is 5.68. The van der Waals surface area contributed by atoms with E-state index in [0.717, 1.165) is 12.8 Å². The second kappa shape index (κ2) is 7.00. The van der Waals surface area contributed by atoms with Crippen molar-refractivity contribution in [1.82, 2.24) is 0 Å². The fourth-order valence-electron chi connectivity index (χ4n) is 2.61. The van der Waals surface area contributed by atoms with Gasteiger partial charge in [-0.1, -0.05) is 0 Å². The van der Waals surface area contributed by atoms with E-state index in [2.05, 4.69) is 5.32 Å². The summed E-state index contributed by atoms with van der Waals surface area (Å²) in [5, 5.41) is 2.83. The van der Waals surface area contributed by atoms with Crippen molar-refractivity contribution >= 4 is 17.6 Å². The highest BCUT2D eigenvalue weighted by Crippen LogP contribution is 2.42. The van der Waals surface area contributed by atoms with Gasteiger partial charge in [-0.2, -0.15) is 0 Å². The highest BCUT2D eigenvalue weighted by Gasteiger charge is 2.48. The van der Waals surface area contributed by atoms with Crippen LogP contribution >= 0.6 is 0 Å². The van der Waals surface area contributed by atoms with Gasteiger partial charge in [0.15, 0.2) is 0 Å². The Bertz CT molecular complexity index is 597. The fourth-order valence-corrected chi connectivity index (χ4v) is 2.61. The molecule has 1 amide bonds. The minimum Gasteiger partial charge on any atom is -0.496 e. The van der Waals surface area contributed by atoms with Crippen molar-refractivity contribution in [3.8, 4) is 5.75 Å². The highest BCUT2D eigenvalue weighted by atomic mass is 16.5. The quantitative estimate of drug-likeness (QED) is 0.782. The molecule has 1 fully saturated rings. The summed E-state index contributed by atoms with van der Waals surface area (Å²) < 4.78 is 15.6. The molecule has 1 saturated carbocycles. The summed E-state index contributed by atoms with van der Waals surface area (Å²) in [5.74, 6) is -0.0964. The predicted octanol–water partition coefficient (Wildman–Crippen LogP) is 2.63. The van der Waals surface area contributed by atoms with Gasteiger partial charge in [0, 0.05) is 12.3 Å². The van der Waals surface area contributed by atoms with E-state index in [1.165, 1.54) is 14.2 Å². The fraction of sp³-hybridized carbons (Fsp3) is 0.529. The lowest BCUT2D eigenvalue weighted by Gasteiger charge is -2.28. The van der Waals surface area contributed by atoms with E-state index in [9.17, 15) is 9.59 Å². The number of nitrogens with one attached hydrogen (secondary N) is 1. The second-order valence-corrected chi connectivity index (χ2v) is 5.68. The van der Waals surface area contributed by atoms with Gasteiger partial charge < -0.3 is 19.5 Å². The lowest BCUT2D eigenvalue weighted by atomic mass is 9.98. The first kappa shape index (κ1) is 17.3. The van der Waals surface area contributed by atoms with E-state index in [0.29, 0.717) is 18.0 Å². The normalized spacial score (nSPS) is 16.3. The van der Waals surface area contributed by atoms with Crippen molar-refractivity contribution in [2.45, 2.75) is 32.3 Å². The first-order valence-corrected chi connectivity index (χ1v) is 7.68. The number of hydrogen-bond donors (Lipinski definition) is 1. The zero-order valence-corrected chi connectivity index (χ0v) is 14.0. The molecule has 0 spiro atoms. The first-order valence-electron chi connectivity index (χ1n) is 7.68. The van der Waals surface area contributed by atoms with Crippen LogP contribution in [0, 0.1) is 5.92 Å². The molecule has 1 atom stereocenters. The molecule has 23 heavy (non-hydrogen) atoms. The lowest BCUT2D eigenvalue weighted by molar-refractivity contribution is -0.141. The average Bonchev–Trinajstić information content (AvgIpc) is 3.39. The van der Waals surface area contributed by atoms with Crippen molar-refractivity contribution in [2.24, 2.45) is 5.92 Å². The Labute approximate surface area is 136 Å². The monoisotopic (exact) mass is 321 g/mol. The molecule has 1 aromatic rings. The maximum absolute atomic E-state index is 12.6. The molecule has 6 nitrogen and oxygen atoms in total. The average molecular weight is 321 g/mol. The molecule has 1 aliphatic carbocycles. The number of anilines is 1. The van der Waals surface area contributed by atoms with E-state index in [-0.39, 0.29) is 17.4 Å². The maximum Gasteiger partial charge on any atom is 0.341 e. The van der Waals surface area contributed by atoms with Gasteiger partial charge in [0.1, 0.15) is 16.9 Å². The van der Waals surface area contributed by atoms with Gasteiger partial charge in [0.2, 0.25) is 0 Å². The summed E-state index contributed by atoms with van der Waals surface area (Å²) in [6.45, 7) is 4.15. The number of benzene rings is 1. The Kier molecular flexibility index (Phi) is 5.26. The van der Waals surface area contributed by atoms with E-state index < -0.39 is 11.6 Å². The molecular formula is C17H23NO5. The molecule has 126 valence electrons. The van der Waals surface area contributed by atoms with Gasteiger partial charge in [-0.3, -0.25) is 4.79 Å². The molecular weight excluding hydrogens is 298 g/mol. The van der Waals surface area contributed by atoms with Crippen molar-refractivity contribution in [1.29, 1.82) is 0 Å². The topological polar surface area (TPSA) is 73.9 Å². The minimum atomic E-state index is -0.847. The van der Waals surface area contributed by atoms with Crippen LogP contribution in [-0.2, 0) is 14.3 Å². The van der Waals surface area contributed by atoms with Crippen LogP contribution in [0.1, 0.15) is 37.0 Å². The molecule has 1 aliphatic rings. The molecule has 1 N–H and O–H groups in total. The summed E-state index contributed by atoms with van der Waals surface area (Å²) >= 11 is 0. The Hall–Kier alpha value is -2.08. The van der Waals surface area contributed by atoms with Crippen molar-refractivity contribution in [3.05, 3.63) is 23.8 Å². The number of hydrogen-bond acceptors (Lipinski definition) is 5. The lowest BCUT2D eigenvalue weighted by Crippen LogP contribution is -2.44. The van der Waals surface area contributed by atoms with Crippen molar-refractivity contribution in [2.75, 3.05) is 26.1 Å². The molecule has 0 unspecified atom stereocenters. The Morgan fingerprint density at radius 2 is 2.00 bits per heavy atom. The summed E-state index contributed by atoms with van der Waals surface area (Å²) in [5.41, 5.74) is -0.0831. The van der Waals surface area contributed by atoms with Crippen LogP contribution in [0.2, 0.25) is 0 Å². The number of methoxy groups -OCH3 is 2. The Morgan fingerprint density at radius 1 is 1.30 bits per heavy atom. The molecule has 0 saturated heterocycles. The molecule has 0 heterocycles. The number of amides is 1. The van der Waals surface area contributed by atoms with Gasteiger partial charge in [-0.15, -0.1) is 0 Å². The molecule has 0 radical (unpaired) electrons. The minimum absolute atomic E-state index is 0.206. The van der Waals surface area contributed by atoms with Crippen LogP contribution in [0.3, 0.4) is 0 Å². The largest absolute Gasteiger partial charge is 0.496 e. The van der Waals surface area contributed by atoms with Gasteiger partial charge in [-0.25, -0.2) is 4.79 Å². The highest BCUT2D eigenvalue weighted by molar-refractivity contribution is 5.99. The van der Waals surface area contributed by atoms with Crippen LogP contribution in [0.25, 0.3) is 0 Å². The smallest absolute Gasteiger partial charge is 0.341 e. The van der Waals surface area contributed by atoms with Gasteiger partial charge >= 0.3 is 5.97 Å². The van der Waals surface area contributed by atoms with Crippen LogP contribution in [0.15, 0.2) is 18.2 Å². The number of carbonyl (C=O) groups is 2. The summed E-state index contributed by atoms with van der Waals surface area (Å²) in [7, 11) is 2.77. The molecule has 6 heteroatoms. The van der Waals surface area contributed by atoms with Gasteiger partial charge in [0.05, 0.1) is 14.2 Å². The van der Waals surface area contributed by atoms with E-state index >= 15 is 0 Å². The standard InChI is InChI=1S/C17H23NO5/c1-5-23-17(2,11-6-7-11)16(20)18-12-8-9-14(21-3)13(10-12)15(19)22-4/h8-11H,5-7H2,1-4H3,(H,18,20)/t17-/m0/s1.